The van der Waals surface area contributed by atoms with Crippen molar-refractivity contribution in [3.63, 3.8) is 0 Å². The Bertz CT molecular complexity index is 349. The first-order valence-electron chi connectivity index (χ1n) is 5.50. The third kappa shape index (κ3) is 2.68. The fourth-order valence-corrected chi connectivity index (χ4v) is 3.34. The van der Waals surface area contributed by atoms with Crippen molar-refractivity contribution < 1.29 is 23.2 Å². The number of hydrogen-bond acceptors (Lipinski definition) is 5. The second-order valence-corrected chi connectivity index (χ2v) is 5.42. The van der Waals surface area contributed by atoms with Crippen molar-refractivity contribution in [3.05, 3.63) is 0 Å². The standard InChI is InChI=1S/C9H17N2O5P/c1-4-11-8(12)7(10-9(11)13)17(14,15-5-2)16-6-3/h7H,4-6H2,1-3H3,(H,10,13). The highest BCUT2D eigenvalue weighted by molar-refractivity contribution is 7.55. The van der Waals surface area contributed by atoms with E-state index in [0.717, 1.165) is 4.90 Å². The lowest BCUT2D eigenvalue weighted by Gasteiger charge is -2.20. The minimum Gasteiger partial charge on any atom is -0.315 e. The summed E-state index contributed by atoms with van der Waals surface area (Å²) in [7, 11) is -3.63. The van der Waals surface area contributed by atoms with E-state index in [1.807, 2.05) is 0 Å². The molecule has 0 spiro atoms. The molecule has 0 aliphatic carbocycles. The lowest BCUT2D eigenvalue weighted by molar-refractivity contribution is -0.126. The molecule has 1 unspecified atom stereocenters. The molecule has 0 bridgehead atoms. The molecule has 98 valence electrons. The van der Waals surface area contributed by atoms with Crippen molar-refractivity contribution in [2.24, 2.45) is 0 Å². The number of imide groups is 1. The fraction of sp³-hybridized carbons (Fsp3) is 0.778. The molecule has 3 amide bonds. The highest BCUT2D eigenvalue weighted by atomic mass is 31.2. The van der Waals surface area contributed by atoms with E-state index < -0.39 is 25.3 Å². The number of likely N-dealkylation sites (N-methyl/N-ethyl adjacent to an activating group) is 1. The molecular weight excluding hydrogens is 247 g/mol. The zero-order valence-corrected chi connectivity index (χ0v) is 11.0. The summed E-state index contributed by atoms with van der Waals surface area (Å²) in [5.74, 6) is -1.79. The van der Waals surface area contributed by atoms with Crippen LogP contribution in [0, 0.1) is 0 Å². The highest BCUT2D eigenvalue weighted by Gasteiger charge is 2.50. The van der Waals surface area contributed by atoms with Crippen molar-refractivity contribution in [3.8, 4) is 0 Å². The number of nitrogens with one attached hydrogen (secondary N) is 1. The zero-order chi connectivity index (χ0) is 13.1. The molecule has 1 aliphatic heterocycles. The topological polar surface area (TPSA) is 84.9 Å². The van der Waals surface area contributed by atoms with Crippen molar-refractivity contribution in [2.45, 2.75) is 26.6 Å². The molecule has 1 fully saturated rings. The Hall–Kier alpha value is -0.910. The van der Waals surface area contributed by atoms with E-state index in [0.29, 0.717) is 0 Å². The van der Waals surface area contributed by atoms with Crippen molar-refractivity contribution in [1.82, 2.24) is 10.2 Å². The molecule has 1 heterocycles. The molecule has 0 saturated carbocycles. The van der Waals surface area contributed by atoms with Gasteiger partial charge in [0.1, 0.15) is 0 Å². The Morgan fingerprint density at radius 2 is 1.76 bits per heavy atom. The van der Waals surface area contributed by atoms with Crippen LogP contribution in [-0.2, 0) is 18.4 Å². The first-order chi connectivity index (χ1) is 8.00. The summed E-state index contributed by atoms with van der Waals surface area (Å²) in [5, 5.41) is 2.34. The Kier molecular flexibility index (Phi) is 4.68. The summed E-state index contributed by atoms with van der Waals surface area (Å²) >= 11 is 0. The monoisotopic (exact) mass is 264 g/mol. The van der Waals surface area contributed by atoms with Gasteiger partial charge in [0.2, 0.25) is 5.78 Å². The quantitative estimate of drug-likeness (QED) is 0.574. The molecule has 1 atom stereocenters. The minimum absolute atomic E-state index is 0.142. The Morgan fingerprint density at radius 3 is 2.12 bits per heavy atom. The first-order valence-corrected chi connectivity index (χ1v) is 7.12. The fourth-order valence-electron chi connectivity index (χ4n) is 1.56. The molecule has 0 aromatic heterocycles. The van der Waals surface area contributed by atoms with E-state index in [1.54, 1.807) is 20.8 Å². The van der Waals surface area contributed by atoms with Crippen molar-refractivity contribution >= 4 is 19.5 Å². The normalized spacial score (nSPS) is 20.9. The van der Waals surface area contributed by atoms with Gasteiger partial charge in [0.15, 0.2) is 0 Å². The maximum Gasteiger partial charge on any atom is 0.362 e. The van der Waals surface area contributed by atoms with Crippen LogP contribution in [0.3, 0.4) is 0 Å². The van der Waals surface area contributed by atoms with Crippen LogP contribution in [-0.4, -0.2) is 42.4 Å². The van der Waals surface area contributed by atoms with E-state index in [-0.39, 0.29) is 19.8 Å². The van der Waals surface area contributed by atoms with Gasteiger partial charge in [-0.15, -0.1) is 0 Å². The van der Waals surface area contributed by atoms with Gasteiger partial charge in [-0.05, 0) is 20.8 Å². The van der Waals surface area contributed by atoms with Crippen LogP contribution < -0.4 is 5.32 Å². The van der Waals surface area contributed by atoms with E-state index in [9.17, 15) is 14.2 Å². The predicted molar refractivity (Wildman–Crippen MR) is 60.6 cm³/mol. The first kappa shape index (κ1) is 14.2. The summed E-state index contributed by atoms with van der Waals surface area (Å²) < 4.78 is 22.4. The molecule has 8 heteroatoms. The number of carbonyl (C=O) groups excluding carboxylic acids is 2. The molecule has 1 N–H and O–H groups in total. The second-order valence-electron chi connectivity index (χ2n) is 3.31. The van der Waals surface area contributed by atoms with Crippen molar-refractivity contribution in [2.75, 3.05) is 19.8 Å². The van der Waals surface area contributed by atoms with Gasteiger partial charge in [0, 0.05) is 6.54 Å². The molecule has 1 aliphatic rings. The molecule has 1 rings (SSSR count). The van der Waals surface area contributed by atoms with Crippen LogP contribution in [0.25, 0.3) is 0 Å². The lowest BCUT2D eigenvalue weighted by atomic mass is 10.5. The van der Waals surface area contributed by atoms with Crippen LogP contribution in [0.1, 0.15) is 20.8 Å². The Morgan fingerprint density at radius 1 is 1.24 bits per heavy atom. The van der Waals surface area contributed by atoms with Gasteiger partial charge < -0.3 is 14.4 Å². The van der Waals surface area contributed by atoms with Gasteiger partial charge in [-0.1, -0.05) is 0 Å². The smallest absolute Gasteiger partial charge is 0.315 e. The van der Waals surface area contributed by atoms with E-state index >= 15 is 0 Å². The van der Waals surface area contributed by atoms with E-state index in [1.165, 1.54) is 0 Å². The van der Waals surface area contributed by atoms with Crippen LogP contribution >= 0.6 is 7.60 Å². The maximum absolute atomic E-state index is 12.3. The summed E-state index contributed by atoms with van der Waals surface area (Å²) in [6.45, 7) is 5.45. The predicted octanol–water partition coefficient (Wildman–Crippen LogP) is 1.15. The van der Waals surface area contributed by atoms with Crippen LogP contribution in [0.2, 0.25) is 0 Å². The van der Waals surface area contributed by atoms with Gasteiger partial charge in [-0.25, -0.2) is 4.79 Å². The van der Waals surface area contributed by atoms with Gasteiger partial charge in [-0.2, -0.15) is 0 Å². The SMILES string of the molecule is CCOP(=O)(OCC)C1NC(=O)N(CC)C1=O. The third-order valence-corrected chi connectivity index (χ3v) is 4.47. The maximum atomic E-state index is 12.3. The molecule has 17 heavy (non-hydrogen) atoms. The zero-order valence-electron chi connectivity index (χ0n) is 10.1. The third-order valence-electron chi connectivity index (χ3n) is 2.26. The average Bonchev–Trinajstić information content (AvgIpc) is 2.55. The van der Waals surface area contributed by atoms with Crippen LogP contribution in [0.4, 0.5) is 4.79 Å². The summed E-state index contributed by atoms with van der Waals surface area (Å²) in [6, 6.07) is -0.567. The number of urea groups is 1. The van der Waals surface area contributed by atoms with Crippen LogP contribution in [0.15, 0.2) is 0 Å². The molecule has 7 nitrogen and oxygen atoms in total. The van der Waals surface area contributed by atoms with Gasteiger partial charge in [0.25, 0.3) is 5.91 Å². The van der Waals surface area contributed by atoms with Gasteiger partial charge in [-0.3, -0.25) is 14.3 Å². The summed E-state index contributed by atoms with van der Waals surface area (Å²) in [6.07, 6.45) is 0. The molecule has 0 aromatic rings. The van der Waals surface area contributed by atoms with Crippen LogP contribution in [0.5, 0.6) is 0 Å². The Labute approximate surface area is 100.0 Å². The molecular formula is C9H17N2O5P. The summed E-state index contributed by atoms with van der Waals surface area (Å²) in [4.78, 5) is 24.3. The van der Waals surface area contributed by atoms with Gasteiger partial charge in [0.05, 0.1) is 13.2 Å². The number of hydrogen-bond donors (Lipinski definition) is 1. The lowest BCUT2D eigenvalue weighted by Crippen LogP contribution is -2.32. The van der Waals surface area contributed by atoms with Crippen molar-refractivity contribution in [1.29, 1.82) is 0 Å². The second kappa shape index (κ2) is 5.62. The van der Waals surface area contributed by atoms with E-state index in [4.69, 9.17) is 9.05 Å². The number of carbonyl (C=O) groups is 2. The number of rotatable bonds is 6. The molecule has 0 radical (unpaired) electrons. The summed E-state index contributed by atoms with van der Waals surface area (Å²) in [5.41, 5.74) is 0. The van der Waals surface area contributed by atoms with E-state index in [2.05, 4.69) is 5.32 Å². The minimum atomic E-state index is -3.63. The molecule has 1 saturated heterocycles. The number of amides is 3. The number of nitrogens with zero attached hydrogens (tertiary/aromatic N) is 1. The van der Waals surface area contributed by atoms with Gasteiger partial charge >= 0.3 is 13.6 Å². The average molecular weight is 264 g/mol. The Balaban J connectivity index is 2.94. The largest absolute Gasteiger partial charge is 0.362 e. The molecule has 0 aromatic carbocycles. The highest BCUT2D eigenvalue weighted by Crippen LogP contribution is 2.53.